The summed E-state index contributed by atoms with van der Waals surface area (Å²) in [6.07, 6.45) is 5.59. The molecule has 0 saturated heterocycles. The van der Waals surface area contributed by atoms with Crippen LogP contribution in [0.5, 0.6) is 0 Å². The van der Waals surface area contributed by atoms with E-state index in [1.165, 1.54) is 31.2 Å². The molecule has 1 aliphatic rings. The lowest BCUT2D eigenvalue weighted by molar-refractivity contribution is 0.274. The molecule has 0 aromatic heterocycles. The van der Waals surface area contributed by atoms with Gasteiger partial charge in [0.05, 0.1) is 0 Å². The lowest BCUT2D eigenvalue weighted by atomic mass is 9.82. The molecule has 2 atom stereocenters. The lowest BCUT2D eigenvalue weighted by Gasteiger charge is -2.26. The molecule has 1 nitrogen and oxygen atoms in total. The lowest BCUT2D eigenvalue weighted by Crippen LogP contribution is -2.26. The Hall–Kier alpha value is -0.0500. The van der Waals surface area contributed by atoms with E-state index in [4.69, 9.17) is 11.6 Å². The summed E-state index contributed by atoms with van der Waals surface area (Å²) in [6, 6.07) is 6.00. The van der Waals surface area contributed by atoms with Crippen LogP contribution < -0.4 is 5.32 Å². The summed E-state index contributed by atoms with van der Waals surface area (Å²) in [5, 5.41) is 4.36. The van der Waals surface area contributed by atoms with Gasteiger partial charge in [0.1, 0.15) is 0 Å². The maximum Gasteiger partial charge on any atom is 0.0417 e. The van der Waals surface area contributed by atoms with Gasteiger partial charge in [-0.25, -0.2) is 0 Å². The Kier molecular flexibility index (Phi) is 5.53. The third kappa shape index (κ3) is 4.25. The van der Waals surface area contributed by atoms with Crippen LogP contribution in [0.3, 0.4) is 0 Å². The number of nitrogens with one attached hydrogen (secondary N) is 1. The van der Waals surface area contributed by atoms with Crippen LogP contribution >= 0.6 is 27.5 Å². The van der Waals surface area contributed by atoms with Crippen molar-refractivity contribution in [2.24, 2.45) is 11.8 Å². The fraction of sp³-hybridized carbons (Fsp3) is 0.600. The summed E-state index contributed by atoms with van der Waals surface area (Å²) in [5.41, 5.74) is 1.28. The fourth-order valence-corrected chi connectivity index (χ4v) is 3.64. The Morgan fingerprint density at radius 3 is 2.94 bits per heavy atom. The topological polar surface area (TPSA) is 12.0 Å². The quantitative estimate of drug-likeness (QED) is 0.817. The van der Waals surface area contributed by atoms with E-state index in [1.54, 1.807) is 0 Å². The highest BCUT2D eigenvalue weighted by Gasteiger charge is 2.18. The summed E-state index contributed by atoms with van der Waals surface area (Å²) in [5.74, 6) is 1.77. The van der Waals surface area contributed by atoms with Gasteiger partial charge >= 0.3 is 0 Å². The number of halogens is 2. The van der Waals surface area contributed by atoms with Crippen molar-refractivity contribution in [2.75, 3.05) is 6.54 Å². The van der Waals surface area contributed by atoms with E-state index in [-0.39, 0.29) is 0 Å². The molecule has 2 rings (SSSR count). The zero-order valence-corrected chi connectivity index (χ0v) is 13.2. The molecule has 1 aromatic carbocycles. The Bertz CT molecular complexity index is 394. The summed E-state index contributed by atoms with van der Waals surface area (Å²) in [7, 11) is 0. The summed E-state index contributed by atoms with van der Waals surface area (Å²) < 4.78 is 1.10. The molecule has 0 amide bonds. The first-order valence-corrected chi connectivity index (χ1v) is 7.97. The van der Waals surface area contributed by atoms with E-state index in [9.17, 15) is 0 Å². The van der Waals surface area contributed by atoms with Crippen LogP contribution in [0.4, 0.5) is 0 Å². The predicted molar refractivity (Wildman–Crippen MR) is 82.0 cm³/mol. The summed E-state index contributed by atoms with van der Waals surface area (Å²) in [6.45, 7) is 4.43. The van der Waals surface area contributed by atoms with Gasteiger partial charge in [0.15, 0.2) is 0 Å². The molecule has 0 bridgehead atoms. The minimum atomic E-state index is 0.784. The minimum absolute atomic E-state index is 0.784. The molecule has 1 aliphatic carbocycles. The van der Waals surface area contributed by atoms with Crippen LogP contribution in [0.15, 0.2) is 22.7 Å². The number of benzene rings is 1. The zero-order valence-electron chi connectivity index (χ0n) is 10.9. The van der Waals surface area contributed by atoms with E-state index >= 15 is 0 Å². The maximum atomic E-state index is 5.94. The van der Waals surface area contributed by atoms with Gasteiger partial charge in [-0.1, -0.05) is 53.4 Å². The van der Waals surface area contributed by atoms with Gasteiger partial charge < -0.3 is 5.32 Å². The first-order chi connectivity index (χ1) is 8.65. The van der Waals surface area contributed by atoms with Gasteiger partial charge in [0.25, 0.3) is 0 Å². The molecule has 18 heavy (non-hydrogen) atoms. The molecule has 100 valence electrons. The molecule has 0 aliphatic heterocycles. The molecule has 0 spiro atoms. The van der Waals surface area contributed by atoms with Crippen molar-refractivity contribution in [3.63, 3.8) is 0 Å². The average Bonchev–Trinajstić information content (AvgIpc) is 2.32. The summed E-state index contributed by atoms with van der Waals surface area (Å²) in [4.78, 5) is 0. The molecule has 3 heteroatoms. The zero-order chi connectivity index (χ0) is 13.0. The highest BCUT2D eigenvalue weighted by atomic mass is 79.9. The third-order valence-corrected chi connectivity index (χ3v) is 4.78. The summed E-state index contributed by atoms with van der Waals surface area (Å²) >= 11 is 9.50. The van der Waals surface area contributed by atoms with E-state index in [1.807, 2.05) is 12.1 Å². The molecule has 2 unspecified atom stereocenters. The minimum Gasteiger partial charge on any atom is -0.312 e. The molecule has 0 radical (unpaired) electrons. The van der Waals surface area contributed by atoms with Crippen LogP contribution in [0.25, 0.3) is 0 Å². The van der Waals surface area contributed by atoms with Crippen molar-refractivity contribution < 1.29 is 0 Å². The van der Waals surface area contributed by atoms with Crippen LogP contribution in [0.1, 0.15) is 38.2 Å². The Balaban J connectivity index is 1.77. The first-order valence-electron chi connectivity index (χ1n) is 6.80. The van der Waals surface area contributed by atoms with E-state index in [2.05, 4.69) is 34.2 Å². The Labute approximate surface area is 123 Å². The molecule has 1 fully saturated rings. The van der Waals surface area contributed by atoms with E-state index in [0.717, 1.165) is 34.4 Å². The second-order valence-corrected chi connectivity index (χ2v) is 6.80. The normalized spacial score (nSPS) is 24.2. The van der Waals surface area contributed by atoms with Crippen LogP contribution in [0.2, 0.25) is 5.02 Å². The predicted octanol–water partition coefficient (Wildman–Crippen LogP) is 5.02. The van der Waals surface area contributed by atoms with Crippen molar-refractivity contribution in [1.29, 1.82) is 0 Å². The Morgan fingerprint density at radius 1 is 1.39 bits per heavy atom. The number of hydrogen-bond acceptors (Lipinski definition) is 1. The van der Waals surface area contributed by atoms with Gasteiger partial charge in [-0.05, 0) is 48.9 Å². The van der Waals surface area contributed by atoms with Gasteiger partial charge in [-0.3, -0.25) is 0 Å². The molecule has 0 heterocycles. The molecular formula is C15H21BrClN. The van der Waals surface area contributed by atoms with Crippen molar-refractivity contribution in [3.05, 3.63) is 33.3 Å². The average molecular weight is 331 g/mol. The number of rotatable bonds is 4. The van der Waals surface area contributed by atoms with Gasteiger partial charge in [0.2, 0.25) is 0 Å². The smallest absolute Gasteiger partial charge is 0.0417 e. The number of hydrogen-bond donors (Lipinski definition) is 1. The molecule has 1 aromatic rings. The van der Waals surface area contributed by atoms with Gasteiger partial charge in [0, 0.05) is 16.0 Å². The van der Waals surface area contributed by atoms with Crippen molar-refractivity contribution >= 4 is 27.5 Å². The van der Waals surface area contributed by atoms with Crippen LogP contribution in [-0.2, 0) is 6.54 Å². The molecule has 1 saturated carbocycles. The van der Waals surface area contributed by atoms with Crippen molar-refractivity contribution in [3.8, 4) is 0 Å². The first kappa shape index (κ1) is 14.4. The second kappa shape index (κ2) is 6.93. The van der Waals surface area contributed by atoms with E-state index in [0.29, 0.717) is 0 Å². The Morgan fingerprint density at radius 2 is 2.22 bits per heavy atom. The largest absolute Gasteiger partial charge is 0.312 e. The SMILES string of the molecule is CC1CCCC(CNCc2ccc(Cl)cc2Br)C1. The maximum absolute atomic E-state index is 5.94. The second-order valence-electron chi connectivity index (χ2n) is 5.50. The van der Waals surface area contributed by atoms with E-state index < -0.39 is 0 Å². The highest BCUT2D eigenvalue weighted by Crippen LogP contribution is 2.28. The molecular weight excluding hydrogens is 310 g/mol. The van der Waals surface area contributed by atoms with Gasteiger partial charge in [-0.2, -0.15) is 0 Å². The third-order valence-electron chi connectivity index (χ3n) is 3.81. The van der Waals surface area contributed by atoms with Crippen molar-refractivity contribution in [2.45, 2.75) is 39.2 Å². The molecule has 1 N–H and O–H groups in total. The van der Waals surface area contributed by atoms with Crippen molar-refractivity contribution in [1.82, 2.24) is 5.32 Å². The van der Waals surface area contributed by atoms with Crippen LogP contribution in [0, 0.1) is 11.8 Å². The standard InChI is InChI=1S/C15H21BrClN/c1-11-3-2-4-12(7-11)9-18-10-13-5-6-14(17)8-15(13)16/h5-6,8,11-12,18H,2-4,7,9-10H2,1H3. The monoisotopic (exact) mass is 329 g/mol. The van der Waals surface area contributed by atoms with Crippen LogP contribution in [-0.4, -0.2) is 6.54 Å². The highest BCUT2D eigenvalue weighted by molar-refractivity contribution is 9.10. The van der Waals surface area contributed by atoms with Gasteiger partial charge in [-0.15, -0.1) is 0 Å². The fourth-order valence-electron chi connectivity index (χ4n) is 2.82.